The maximum Gasteiger partial charge on any atom is 0.271 e. The molecule has 2 aromatic rings. The van der Waals surface area contributed by atoms with Gasteiger partial charge in [0.2, 0.25) is 5.91 Å². The standard InChI is InChI=1S/C23H32N4O2S/c1-4-8-19(26-23(29)20-15-30-21(25-20)13-16(2)3)22(28)24-17-9-7-10-18(14-17)27-11-5-6-12-27/h7,9-10,14-16,19H,4-6,8,11-13H2,1-3H3,(H,24,28)(H,26,29). The molecule has 2 amide bonds. The zero-order chi connectivity index (χ0) is 21.5. The lowest BCUT2D eigenvalue weighted by Crippen LogP contribution is -2.43. The number of carbonyl (C=O) groups is 2. The molecule has 7 heteroatoms. The van der Waals surface area contributed by atoms with Gasteiger partial charge in [0.15, 0.2) is 0 Å². The molecule has 1 fully saturated rings. The van der Waals surface area contributed by atoms with Crippen LogP contribution >= 0.6 is 11.3 Å². The summed E-state index contributed by atoms with van der Waals surface area (Å²) in [6.45, 7) is 8.36. The van der Waals surface area contributed by atoms with Crippen LogP contribution in [0.25, 0.3) is 0 Å². The number of nitrogens with zero attached hydrogens (tertiary/aromatic N) is 2. The molecule has 1 aromatic heterocycles. The third-order valence-electron chi connectivity index (χ3n) is 5.15. The van der Waals surface area contributed by atoms with Crippen molar-refractivity contribution in [3.8, 4) is 0 Å². The molecule has 0 radical (unpaired) electrons. The Morgan fingerprint density at radius 2 is 2.00 bits per heavy atom. The lowest BCUT2D eigenvalue weighted by molar-refractivity contribution is -0.118. The monoisotopic (exact) mass is 428 g/mol. The van der Waals surface area contributed by atoms with Crippen molar-refractivity contribution < 1.29 is 9.59 Å². The van der Waals surface area contributed by atoms with E-state index in [9.17, 15) is 9.59 Å². The van der Waals surface area contributed by atoms with Crippen molar-refractivity contribution in [2.45, 2.75) is 58.9 Å². The second kappa shape index (κ2) is 10.6. The van der Waals surface area contributed by atoms with Gasteiger partial charge in [-0.05, 0) is 43.4 Å². The molecule has 1 unspecified atom stereocenters. The Morgan fingerprint density at radius 3 is 2.70 bits per heavy atom. The first-order valence-electron chi connectivity index (χ1n) is 10.9. The predicted octanol–water partition coefficient (Wildman–Crippen LogP) is 4.48. The molecule has 1 saturated heterocycles. The lowest BCUT2D eigenvalue weighted by atomic mass is 10.1. The van der Waals surface area contributed by atoms with Crippen LogP contribution in [0.2, 0.25) is 0 Å². The number of carbonyl (C=O) groups excluding carboxylic acids is 2. The first kappa shape index (κ1) is 22.3. The zero-order valence-electron chi connectivity index (χ0n) is 18.1. The van der Waals surface area contributed by atoms with Crippen LogP contribution in [0, 0.1) is 5.92 Å². The van der Waals surface area contributed by atoms with Gasteiger partial charge in [-0.15, -0.1) is 11.3 Å². The number of thiazole rings is 1. The van der Waals surface area contributed by atoms with Gasteiger partial charge in [0.05, 0.1) is 5.01 Å². The van der Waals surface area contributed by atoms with Gasteiger partial charge < -0.3 is 15.5 Å². The van der Waals surface area contributed by atoms with Gasteiger partial charge in [-0.2, -0.15) is 0 Å². The molecular weight excluding hydrogens is 396 g/mol. The molecular formula is C23H32N4O2S. The average Bonchev–Trinajstić information content (AvgIpc) is 3.39. The normalized spacial score (nSPS) is 14.7. The molecule has 1 aromatic carbocycles. The molecule has 0 spiro atoms. The van der Waals surface area contributed by atoms with Crippen molar-refractivity contribution in [2.24, 2.45) is 5.92 Å². The Balaban J connectivity index is 1.63. The van der Waals surface area contributed by atoms with E-state index < -0.39 is 6.04 Å². The van der Waals surface area contributed by atoms with E-state index in [1.807, 2.05) is 25.1 Å². The quantitative estimate of drug-likeness (QED) is 0.618. The Kier molecular flexibility index (Phi) is 7.85. The molecule has 1 aliphatic rings. The van der Waals surface area contributed by atoms with Crippen LogP contribution in [-0.4, -0.2) is 35.9 Å². The van der Waals surface area contributed by atoms with Crippen molar-refractivity contribution in [1.29, 1.82) is 0 Å². The Morgan fingerprint density at radius 1 is 1.23 bits per heavy atom. The summed E-state index contributed by atoms with van der Waals surface area (Å²) in [6.07, 6.45) is 4.63. The Hall–Kier alpha value is -2.41. The van der Waals surface area contributed by atoms with Gasteiger partial charge in [-0.1, -0.05) is 33.3 Å². The summed E-state index contributed by atoms with van der Waals surface area (Å²) in [6, 6.07) is 7.34. The largest absolute Gasteiger partial charge is 0.371 e. The second-order valence-corrected chi connectivity index (χ2v) is 9.22. The molecule has 6 nitrogen and oxygen atoms in total. The lowest BCUT2D eigenvalue weighted by Gasteiger charge is -2.20. The molecule has 0 aliphatic carbocycles. The summed E-state index contributed by atoms with van der Waals surface area (Å²) < 4.78 is 0. The number of nitrogens with one attached hydrogen (secondary N) is 2. The maximum absolute atomic E-state index is 12.9. The number of hydrogen-bond donors (Lipinski definition) is 2. The van der Waals surface area contributed by atoms with E-state index in [-0.39, 0.29) is 11.8 Å². The molecule has 1 aliphatic heterocycles. The van der Waals surface area contributed by atoms with Gasteiger partial charge in [-0.25, -0.2) is 4.98 Å². The van der Waals surface area contributed by atoms with Crippen molar-refractivity contribution in [1.82, 2.24) is 10.3 Å². The van der Waals surface area contributed by atoms with Crippen LogP contribution in [0.1, 0.15) is 62.0 Å². The van der Waals surface area contributed by atoms with E-state index in [2.05, 4.69) is 40.4 Å². The number of benzene rings is 1. The summed E-state index contributed by atoms with van der Waals surface area (Å²) >= 11 is 1.49. The summed E-state index contributed by atoms with van der Waals surface area (Å²) in [7, 11) is 0. The van der Waals surface area contributed by atoms with Crippen molar-refractivity contribution >= 4 is 34.5 Å². The van der Waals surface area contributed by atoms with Crippen LogP contribution in [-0.2, 0) is 11.2 Å². The SMILES string of the molecule is CCCC(NC(=O)c1csc(CC(C)C)n1)C(=O)Nc1cccc(N2CCCC2)c1. The zero-order valence-corrected chi connectivity index (χ0v) is 18.9. The van der Waals surface area contributed by atoms with Crippen LogP contribution in [0.5, 0.6) is 0 Å². The van der Waals surface area contributed by atoms with Gasteiger partial charge in [0.25, 0.3) is 5.91 Å². The highest BCUT2D eigenvalue weighted by Gasteiger charge is 2.22. The van der Waals surface area contributed by atoms with Crippen molar-refractivity contribution in [3.63, 3.8) is 0 Å². The molecule has 30 heavy (non-hydrogen) atoms. The minimum absolute atomic E-state index is 0.193. The highest BCUT2D eigenvalue weighted by molar-refractivity contribution is 7.09. The smallest absolute Gasteiger partial charge is 0.271 e. The number of amides is 2. The molecule has 162 valence electrons. The first-order chi connectivity index (χ1) is 14.5. The molecule has 2 heterocycles. The van der Waals surface area contributed by atoms with Crippen LogP contribution in [0.4, 0.5) is 11.4 Å². The van der Waals surface area contributed by atoms with Crippen molar-refractivity contribution in [2.75, 3.05) is 23.3 Å². The number of rotatable bonds is 9. The van der Waals surface area contributed by atoms with Crippen LogP contribution in [0.15, 0.2) is 29.6 Å². The van der Waals surface area contributed by atoms with E-state index in [1.165, 1.54) is 24.2 Å². The number of aromatic nitrogens is 1. The highest BCUT2D eigenvalue weighted by atomic mass is 32.1. The fourth-order valence-corrected chi connectivity index (χ4v) is 4.62. The van der Waals surface area contributed by atoms with Crippen molar-refractivity contribution in [3.05, 3.63) is 40.3 Å². The predicted molar refractivity (Wildman–Crippen MR) is 123 cm³/mol. The molecule has 1 atom stereocenters. The average molecular weight is 429 g/mol. The fraction of sp³-hybridized carbons (Fsp3) is 0.522. The molecule has 0 bridgehead atoms. The van der Waals surface area contributed by atoms with Crippen LogP contribution < -0.4 is 15.5 Å². The van der Waals surface area contributed by atoms with Gasteiger partial charge in [0, 0.05) is 36.3 Å². The van der Waals surface area contributed by atoms with E-state index in [0.717, 1.165) is 42.3 Å². The number of hydrogen-bond acceptors (Lipinski definition) is 5. The molecule has 0 saturated carbocycles. The fourth-order valence-electron chi connectivity index (χ4n) is 3.63. The van der Waals surface area contributed by atoms with E-state index >= 15 is 0 Å². The minimum Gasteiger partial charge on any atom is -0.371 e. The maximum atomic E-state index is 12.9. The minimum atomic E-state index is -0.590. The van der Waals surface area contributed by atoms with E-state index in [1.54, 1.807) is 5.38 Å². The summed E-state index contributed by atoms with van der Waals surface area (Å²) in [5.74, 6) is 0.00378. The second-order valence-electron chi connectivity index (χ2n) is 8.27. The van der Waals surface area contributed by atoms with Gasteiger partial charge in [0.1, 0.15) is 11.7 Å². The Bertz CT molecular complexity index is 858. The van der Waals surface area contributed by atoms with Gasteiger partial charge >= 0.3 is 0 Å². The summed E-state index contributed by atoms with van der Waals surface area (Å²) in [4.78, 5) is 32.3. The van der Waals surface area contributed by atoms with Crippen LogP contribution in [0.3, 0.4) is 0 Å². The van der Waals surface area contributed by atoms with E-state index in [4.69, 9.17) is 0 Å². The summed E-state index contributed by atoms with van der Waals surface area (Å²) in [5, 5.41) is 8.57. The summed E-state index contributed by atoms with van der Waals surface area (Å²) in [5.41, 5.74) is 2.27. The third-order valence-corrected chi connectivity index (χ3v) is 6.02. The number of anilines is 2. The topological polar surface area (TPSA) is 74.3 Å². The first-order valence-corrected chi connectivity index (χ1v) is 11.8. The third kappa shape index (κ3) is 6.05. The molecule has 2 N–H and O–H groups in total. The Labute approximate surface area is 183 Å². The van der Waals surface area contributed by atoms with Gasteiger partial charge in [-0.3, -0.25) is 9.59 Å². The highest BCUT2D eigenvalue weighted by Crippen LogP contribution is 2.23. The van der Waals surface area contributed by atoms with E-state index in [0.29, 0.717) is 18.0 Å². The molecule has 3 rings (SSSR count).